The summed E-state index contributed by atoms with van der Waals surface area (Å²) in [5.41, 5.74) is -1.25. The zero-order valence-corrected chi connectivity index (χ0v) is 9.38. The smallest absolute Gasteiger partial charge is 0.337 e. The van der Waals surface area contributed by atoms with E-state index in [9.17, 15) is 13.6 Å². The van der Waals surface area contributed by atoms with Gasteiger partial charge in [-0.3, -0.25) is 0 Å². The van der Waals surface area contributed by atoms with Crippen molar-refractivity contribution in [2.75, 3.05) is 0 Å². The van der Waals surface area contributed by atoms with E-state index in [1.807, 2.05) is 0 Å². The molecule has 1 rings (SSSR count). The predicted octanol–water partition coefficient (Wildman–Crippen LogP) is 2.98. The number of carboxylic acid groups (broad SMARTS) is 1. The van der Waals surface area contributed by atoms with E-state index in [4.69, 9.17) is 16.7 Å². The van der Waals surface area contributed by atoms with E-state index in [0.29, 0.717) is 0 Å². The molecular formula is C7H3ClF2INO2. The minimum Gasteiger partial charge on any atom is -0.478 e. The highest BCUT2D eigenvalue weighted by Crippen LogP contribution is 2.32. The molecule has 0 spiro atoms. The maximum absolute atomic E-state index is 12.4. The summed E-state index contributed by atoms with van der Waals surface area (Å²) in [5, 5.41) is 8.29. The maximum atomic E-state index is 12.4. The topological polar surface area (TPSA) is 50.2 Å². The lowest BCUT2D eigenvalue weighted by atomic mass is 10.1. The number of halogens is 4. The molecule has 0 atom stereocenters. The van der Waals surface area contributed by atoms with Crippen LogP contribution < -0.4 is 0 Å². The van der Waals surface area contributed by atoms with Gasteiger partial charge in [0.1, 0.15) is 3.70 Å². The molecule has 0 aliphatic rings. The summed E-state index contributed by atoms with van der Waals surface area (Å²) >= 11 is 7.18. The monoisotopic (exact) mass is 333 g/mol. The van der Waals surface area contributed by atoms with Crippen molar-refractivity contribution in [1.82, 2.24) is 4.98 Å². The van der Waals surface area contributed by atoms with Gasteiger partial charge in [0.05, 0.1) is 16.1 Å². The van der Waals surface area contributed by atoms with Crippen molar-refractivity contribution in [2.24, 2.45) is 0 Å². The lowest BCUT2D eigenvalue weighted by Gasteiger charge is -2.07. The molecule has 0 saturated heterocycles. The van der Waals surface area contributed by atoms with Gasteiger partial charge in [0.25, 0.3) is 6.43 Å². The van der Waals surface area contributed by atoms with Crippen LogP contribution in [0.2, 0.25) is 5.02 Å². The minimum atomic E-state index is -2.93. The number of pyridine rings is 1. The molecule has 1 heterocycles. The maximum Gasteiger partial charge on any atom is 0.337 e. The second-order valence-electron chi connectivity index (χ2n) is 2.30. The second kappa shape index (κ2) is 4.35. The summed E-state index contributed by atoms with van der Waals surface area (Å²) in [5.74, 6) is -1.47. The number of carbonyl (C=O) groups is 1. The van der Waals surface area contributed by atoms with Crippen LogP contribution in [0.25, 0.3) is 0 Å². The van der Waals surface area contributed by atoms with Gasteiger partial charge in [-0.1, -0.05) is 11.6 Å². The van der Waals surface area contributed by atoms with Crippen molar-refractivity contribution in [3.05, 3.63) is 26.0 Å². The Morgan fingerprint density at radius 3 is 2.64 bits per heavy atom. The third kappa shape index (κ3) is 2.11. The number of aromatic carboxylic acids is 1. The van der Waals surface area contributed by atoms with Gasteiger partial charge in [-0.15, -0.1) is 0 Å². The summed E-state index contributed by atoms with van der Waals surface area (Å²) in [7, 11) is 0. The highest BCUT2D eigenvalue weighted by atomic mass is 127. The van der Waals surface area contributed by atoms with Crippen molar-refractivity contribution in [3.63, 3.8) is 0 Å². The van der Waals surface area contributed by atoms with E-state index in [0.717, 1.165) is 6.20 Å². The highest BCUT2D eigenvalue weighted by molar-refractivity contribution is 14.1. The molecule has 0 aliphatic heterocycles. The number of aromatic nitrogens is 1. The number of rotatable bonds is 2. The van der Waals surface area contributed by atoms with Crippen LogP contribution in [-0.2, 0) is 0 Å². The first kappa shape index (κ1) is 11.6. The number of carboxylic acids is 1. The van der Waals surface area contributed by atoms with Gasteiger partial charge in [0.15, 0.2) is 0 Å². The first-order chi connectivity index (χ1) is 6.45. The molecule has 76 valence electrons. The molecule has 0 fully saturated rings. The van der Waals surface area contributed by atoms with Crippen LogP contribution in [0.3, 0.4) is 0 Å². The SMILES string of the molecule is O=C(O)c1cnc(I)c(Cl)c1C(F)F. The molecule has 3 nitrogen and oxygen atoms in total. The zero-order chi connectivity index (χ0) is 10.9. The van der Waals surface area contributed by atoms with Crippen molar-refractivity contribution in [2.45, 2.75) is 6.43 Å². The fourth-order valence-electron chi connectivity index (χ4n) is 0.861. The van der Waals surface area contributed by atoms with Crippen LogP contribution in [0.1, 0.15) is 22.3 Å². The van der Waals surface area contributed by atoms with Gasteiger partial charge in [0, 0.05) is 6.20 Å². The Morgan fingerprint density at radius 1 is 1.64 bits per heavy atom. The molecule has 1 aromatic heterocycles. The Labute approximate surface area is 96.2 Å². The lowest BCUT2D eigenvalue weighted by molar-refractivity contribution is 0.0684. The van der Waals surface area contributed by atoms with Gasteiger partial charge < -0.3 is 5.11 Å². The molecule has 14 heavy (non-hydrogen) atoms. The van der Waals surface area contributed by atoms with E-state index in [-0.39, 0.29) is 8.72 Å². The fraction of sp³-hybridized carbons (Fsp3) is 0.143. The average Bonchev–Trinajstić information content (AvgIpc) is 2.08. The van der Waals surface area contributed by atoms with Crippen LogP contribution >= 0.6 is 34.2 Å². The van der Waals surface area contributed by atoms with Crippen LogP contribution in [0.5, 0.6) is 0 Å². The Kier molecular flexibility index (Phi) is 3.59. The average molecular weight is 333 g/mol. The molecule has 0 bridgehead atoms. The number of hydrogen-bond acceptors (Lipinski definition) is 2. The third-order valence-corrected chi connectivity index (χ3v) is 2.98. The van der Waals surface area contributed by atoms with Crippen LogP contribution in [0.4, 0.5) is 8.78 Å². The largest absolute Gasteiger partial charge is 0.478 e. The van der Waals surface area contributed by atoms with Gasteiger partial charge in [-0.2, -0.15) is 0 Å². The van der Waals surface area contributed by atoms with Crippen LogP contribution in [0.15, 0.2) is 6.20 Å². The van der Waals surface area contributed by atoms with Crippen molar-refractivity contribution >= 4 is 40.2 Å². The summed E-state index contributed by atoms with van der Waals surface area (Å²) in [6.45, 7) is 0. The molecule has 0 radical (unpaired) electrons. The van der Waals surface area contributed by atoms with E-state index in [1.54, 1.807) is 22.6 Å². The van der Waals surface area contributed by atoms with E-state index in [2.05, 4.69) is 4.98 Å². The fourth-order valence-corrected chi connectivity index (χ4v) is 1.52. The molecule has 0 aliphatic carbocycles. The quantitative estimate of drug-likeness (QED) is 0.669. The van der Waals surface area contributed by atoms with E-state index in [1.165, 1.54) is 0 Å². The van der Waals surface area contributed by atoms with Crippen molar-refractivity contribution < 1.29 is 18.7 Å². The summed E-state index contributed by atoms with van der Waals surface area (Å²) in [6.07, 6.45) is -2.05. The van der Waals surface area contributed by atoms with Crippen molar-refractivity contribution in [1.29, 1.82) is 0 Å². The first-order valence-electron chi connectivity index (χ1n) is 3.30. The predicted molar refractivity (Wildman–Crippen MR) is 53.9 cm³/mol. The molecule has 0 aromatic carbocycles. The normalized spacial score (nSPS) is 10.6. The van der Waals surface area contributed by atoms with E-state index >= 15 is 0 Å². The number of alkyl halides is 2. The Morgan fingerprint density at radius 2 is 2.21 bits per heavy atom. The second-order valence-corrected chi connectivity index (χ2v) is 3.70. The number of nitrogens with zero attached hydrogens (tertiary/aromatic N) is 1. The molecule has 1 aromatic rings. The van der Waals surface area contributed by atoms with Crippen LogP contribution in [-0.4, -0.2) is 16.1 Å². The van der Waals surface area contributed by atoms with Gasteiger partial charge in [-0.05, 0) is 22.6 Å². The zero-order valence-electron chi connectivity index (χ0n) is 6.47. The molecule has 0 unspecified atom stereocenters. The molecule has 1 N–H and O–H groups in total. The molecular weight excluding hydrogens is 330 g/mol. The Hall–Kier alpha value is -0.500. The van der Waals surface area contributed by atoms with Gasteiger partial charge in [0.2, 0.25) is 0 Å². The first-order valence-corrected chi connectivity index (χ1v) is 4.76. The Bertz CT molecular complexity index is 386. The molecule has 7 heteroatoms. The van der Waals surface area contributed by atoms with E-state index < -0.39 is 23.5 Å². The van der Waals surface area contributed by atoms with Crippen LogP contribution in [0, 0.1) is 3.70 Å². The summed E-state index contributed by atoms with van der Waals surface area (Å²) in [4.78, 5) is 14.1. The van der Waals surface area contributed by atoms with Crippen molar-refractivity contribution in [3.8, 4) is 0 Å². The molecule has 0 saturated carbocycles. The Balaban J connectivity index is 3.45. The summed E-state index contributed by atoms with van der Waals surface area (Å²) in [6, 6.07) is 0. The van der Waals surface area contributed by atoms with Gasteiger partial charge >= 0.3 is 5.97 Å². The number of hydrogen-bond donors (Lipinski definition) is 1. The molecule has 0 amide bonds. The van der Waals surface area contributed by atoms with Gasteiger partial charge in [-0.25, -0.2) is 18.6 Å². The third-order valence-electron chi connectivity index (χ3n) is 1.46. The highest BCUT2D eigenvalue weighted by Gasteiger charge is 2.23. The lowest BCUT2D eigenvalue weighted by Crippen LogP contribution is -2.06. The standard InChI is InChI=1S/C7H3ClF2INO2/c8-4-3(5(9)10)2(7(13)14)1-12-6(4)11/h1,5H,(H,13,14). The minimum absolute atomic E-state index is 0.157. The summed E-state index contributed by atoms with van der Waals surface area (Å²) < 4.78 is 25.1.